The molecule has 1 unspecified atom stereocenters. The third-order valence-corrected chi connectivity index (χ3v) is 4.47. The zero-order valence-corrected chi connectivity index (χ0v) is 15.1. The predicted octanol–water partition coefficient (Wildman–Crippen LogP) is 2.95. The van der Waals surface area contributed by atoms with Crippen LogP contribution in [0, 0.1) is 5.92 Å². The third kappa shape index (κ3) is 4.87. The minimum Gasteiger partial charge on any atom is -0.493 e. The second-order valence-corrected chi connectivity index (χ2v) is 6.38. The van der Waals surface area contributed by atoms with E-state index in [0.29, 0.717) is 29.6 Å². The van der Waals surface area contributed by atoms with Crippen LogP contribution in [0.15, 0.2) is 18.2 Å². The van der Waals surface area contributed by atoms with Crippen molar-refractivity contribution in [3.05, 3.63) is 23.8 Å². The Kier molecular flexibility index (Phi) is 7.37. The second-order valence-electron chi connectivity index (χ2n) is 6.38. The van der Waals surface area contributed by atoms with E-state index in [-0.39, 0.29) is 5.91 Å². The first-order valence-corrected chi connectivity index (χ1v) is 8.94. The standard InChI is InChI=1S/C19H30N2O3/c1-4-5-11-24-17-9-8-16(12-18(17)23-3)19(22)21-10-6-7-15(14-21)13-20-2/h8-9,12,15,20H,4-7,10-11,13-14H2,1-3H3. The largest absolute Gasteiger partial charge is 0.493 e. The van der Waals surface area contributed by atoms with Crippen molar-refractivity contribution in [2.45, 2.75) is 32.6 Å². The molecule has 0 radical (unpaired) electrons. The Hall–Kier alpha value is -1.75. The topological polar surface area (TPSA) is 50.8 Å². The molecule has 1 heterocycles. The van der Waals surface area contributed by atoms with Crippen LogP contribution in [0.1, 0.15) is 43.0 Å². The van der Waals surface area contributed by atoms with Gasteiger partial charge in [0.05, 0.1) is 13.7 Å². The number of methoxy groups -OCH3 is 1. The van der Waals surface area contributed by atoms with E-state index in [0.717, 1.165) is 38.9 Å². The van der Waals surface area contributed by atoms with E-state index < -0.39 is 0 Å². The van der Waals surface area contributed by atoms with Crippen molar-refractivity contribution in [1.82, 2.24) is 10.2 Å². The number of hydrogen-bond donors (Lipinski definition) is 1. The van der Waals surface area contributed by atoms with Crippen LogP contribution in [0.2, 0.25) is 0 Å². The maximum atomic E-state index is 12.8. The summed E-state index contributed by atoms with van der Waals surface area (Å²) in [5.74, 6) is 1.94. The average molecular weight is 334 g/mol. The molecule has 134 valence electrons. The average Bonchev–Trinajstić information content (AvgIpc) is 2.62. The van der Waals surface area contributed by atoms with Gasteiger partial charge >= 0.3 is 0 Å². The van der Waals surface area contributed by atoms with Crippen LogP contribution in [-0.2, 0) is 0 Å². The Morgan fingerprint density at radius 1 is 1.38 bits per heavy atom. The van der Waals surface area contributed by atoms with E-state index in [9.17, 15) is 4.79 Å². The molecule has 1 aromatic rings. The van der Waals surface area contributed by atoms with Crippen molar-refractivity contribution >= 4 is 5.91 Å². The summed E-state index contributed by atoms with van der Waals surface area (Å²) in [7, 11) is 3.57. The number of nitrogens with zero attached hydrogens (tertiary/aromatic N) is 1. The Balaban J connectivity index is 2.06. The van der Waals surface area contributed by atoms with Crippen LogP contribution >= 0.6 is 0 Å². The molecule has 0 saturated carbocycles. The number of ether oxygens (including phenoxy) is 2. The SMILES string of the molecule is CCCCOc1ccc(C(=O)N2CCCC(CNC)C2)cc1OC. The summed E-state index contributed by atoms with van der Waals surface area (Å²) in [5.41, 5.74) is 0.666. The first kappa shape index (κ1) is 18.6. The van der Waals surface area contributed by atoms with Crippen molar-refractivity contribution in [3.63, 3.8) is 0 Å². The predicted molar refractivity (Wildman–Crippen MR) is 96.0 cm³/mol. The van der Waals surface area contributed by atoms with E-state index in [1.807, 2.05) is 24.1 Å². The molecule has 0 bridgehead atoms. The van der Waals surface area contributed by atoms with Crippen LogP contribution in [0.25, 0.3) is 0 Å². The highest BCUT2D eigenvalue weighted by Crippen LogP contribution is 2.29. The Morgan fingerprint density at radius 3 is 2.92 bits per heavy atom. The lowest BCUT2D eigenvalue weighted by Gasteiger charge is -2.33. The zero-order valence-electron chi connectivity index (χ0n) is 15.1. The molecule has 5 heteroatoms. The molecule has 1 fully saturated rings. The molecular weight excluding hydrogens is 304 g/mol. The van der Waals surface area contributed by atoms with E-state index in [4.69, 9.17) is 9.47 Å². The number of amides is 1. The first-order valence-electron chi connectivity index (χ1n) is 8.94. The molecule has 1 aliphatic heterocycles. The second kappa shape index (κ2) is 9.52. The fourth-order valence-electron chi connectivity index (χ4n) is 3.13. The van der Waals surface area contributed by atoms with Crippen molar-refractivity contribution in [1.29, 1.82) is 0 Å². The number of nitrogens with one attached hydrogen (secondary N) is 1. The number of carbonyl (C=O) groups excluding carboxylic acids is 1. The first-order chi connectivity index (χ1) is 11.7. The van der Waals surface area contributed by atoms with Gasteiger partial charge in [-0.3, -0.25) is 4.79 Å². The van der Waals surface area contributed by atoms with Gasteiger partial charge in [0.25, 0.3) is 5.91 Å². The summed E-state index contributed by atoms with van der Waals surface area (Å²) in [5, 5.41) is 3.21. The van der Waals surface area contributed by atoms with Gasteiger partial charge in [0.15, 0.2) is 11.5 Å². The Bertz CT molecular complexity index is 531. The van der Waals surface area contributed by atoms with Gasteiger partial charge in [-0.15, -0.1) is 0 Å². The molecule has 0 aliphatic carbocycles. The summed E-state index contributed by atoms with van der Waals surface area (Å²) in [6.07, 6.45) is 4.33. The van der Waals surface area contributed by atoms with Crippen LogP contribution in [-0.4, -0.2) is 51.2 Å². The van der Waals surface area contributed by atoms with Crippen molar-refractivity contribution in [3.8, 4) is 11.5 Å². The summed E-state index contributed by atoms with van der Waals surface area (Å²) in [4.78, 5) is 14.8. The molecule has 24 heavy (non-hydrogen) atoms. The minimum atomic E-state index is 0.0780. The van der Waals surface area contributed by atoms with Crippen LogP contribution < -0.4 is 14.8 Å². The van der Waals surface area contributed by atoms with Crippen LogP contribution in [0.5, 0.6) is 11.5 Å². The number of carbonyl (C=O) groups is 1. The zero-order chi connectivity index (χ0) is 17.4. The smallest absolute Gasteiger partial charge is 0.254 e. The quantitative estimate of drug-likeness (QED) is 0.743. The summed E-state index contributed by atoms with van der Waals surface area (Å²) < 4.78 is 11.1. The summed E-state index contributed by atoms with van der Waals surface area (Å²) in [6, 6.07) is 5.48. The number of rotatable bonds is 8. The molecular formula is C19H30N2O3. The molecule has 2 rings (SSSR count). The van der Waals surface area contributed by atoms with E-state index >= 15 is 0 Å². The summed E-state index contributed by atoms with van der Waals surface area (Å²) >= 11 is 0. The third-order valence-electron chi connectivity index (χ3n) is 4.47. The fraction of sp³-hybridized carbons (Fsp3) is 0.632. The molecule has 1 saturated heterocycles. The number of hydrogen-bond acceptors (Lipinski definition) is 4. The maximum absolute atomic E-state index is 12.8. The van der Waals surface area contributed by atoms with Crippen molar-refractivity contribution in [2.75, 3.05) is 40.4 Å². The van der Waals surface area contributed by atoms with Crippen molar-refractivity contribution < 1.29 is 14.3 Å². The fourth-order valence-corrected chi connectivity index (χ4v) is 3.13. The molecule has 5 nitrogen and oxygen atoms in total. The Morgan fingerprint density at radius 2 is 2.21 bits per heavy atom. The molecule has 1 aliphatic rings. The van der Waals surface area contributed by atoms with Gasteiger partial charge in [0, 0.05) is 18.7 Å². The highest BCUT2D eigenvalue weighted by atomic mass is 16.5. The number of piperidine rings is 1. The van der Waals surface area contributed by atoms with Gasteiger partial charge in [-0.25, -0.2) is 0 Å². The van der Waals surface area contributed by atoms with Gasteiger partial charge < -0.3 is 19.7 Å². The molecule has 1 aromatic carbocycles. The van der Waals surface area contributed by atoms with Crippen LogP contribution in [0.4, 0.5) is 0 Å². The lowest BCUT2D eigenvalue weighted by atomic mass is 9.97. The van der Waals surface area contributed by atoms with E-state index in [1.54, 1.807) is 13.2 Å². The number of unbranched alkanes of at least 4 members (excludes halogenated alkanes) is 1. The van der Waals surface area contributed by atoms with Gasteiger partial charge in [-0.1, -0.05) is 13.3 Å². The monoisotopic (exact) mass is 334 g/mol. The summed E-state index contributed by atoms with van der Waals surface area (Å²) in [6.45, 7) is 5.39. The molecule has 1 N–H and O–H groups in total. The van der Waals surface area contributed by atoms with Gasteiger partial charge in [-0.2, -0.15) is 0 Å². The lowest BCUT2D eigenvalue weighted by Crippen LogP contribution is -2.42. The van der Waals surface area contributed by atoms with E-state index in [2.05, 4.69) is 12.2 Å². The highest BCUT2D eigenvalue weighted by molar-refractivity contribution is 5.95. The molecule has 1 amide bonds. The van der Waals surface area contributed by atoms with Gasteiger partial charge in [-0.05, 0) is 57.0 Å². The van der Waals surface area contributed by atoms with Crippen LogP contribution in [0.3, 0.4) is 0 Å². The highest BCUT2D eigenvalue weighted by Gasteiger charge is 2.24. The van der Waals surface area contributed by atoms with Crippen molar-refractivity contribution in [2.24, 2.45) is 5.92 Å². The number of likely N-dealkylation sites (tertiary alicyclic amines) is 1. The Labute approximate surface area is 145 Å². The van der Waals surface area contributed by atoms with E-state index in [1.165, 1.54) is 6.42 Å². The van der Waals surface area contributed by atoms with Gasteiger partial charge in [0.1, 0.15) is 0 Å². The maximum Gasteiger partial charge on any atom is 0.254 e. The van der Waals surface area contributed by atoms with Gasteiger partial charge in [0.2, 0.25) is 0 Å². The molecule has 0 spiro atoms. The molecule has 1 atom stereocenters. The number of benzene rings is 1. The normalized spacial score (nSPS) is 17.6. The minimum absolute atomic E-state index is 0.0780. The lowest BCUT2D eigenvalue weighted by molar-refractivity contribution is 0.0674. The molecule has 0 aromatic heterocycles.